The Hall–Kier alpha value is -1.44. The third kappa shape index (κ3) is 19.7. The standard InChI is InChI=1S/C21H38FN3O3.C5H12/c1-6-20(5)25(8-7-17(2)15-18(3)22)16-19(4)23-21(26)28-14-11-24-9-12-27-13-10-24;1-5(2,3)4/h6,15,17,19-20H,1,7-14,16H2,2-5H3,(H,23,26);1-4H3/b18-15+;/t17?,19-,20?;/m0./s1. The maximum absolute atomic E-state index is 13.0. The SMILES string of the molecule is C=CC(C)N(CCC(C)/C=C(\C)F)C[C@H](C)NC(=O)OCCN1CCOCC1.CC(C)(C)C. The van der Waals surface area contributed by atoms with Gasteiger partial charge in [-0.05, 0) is 45.1 Å². The maximum Gasteiger partial charge on any atom is 0.407 e. The third-order valence-electron chi connectivity index (χ3n) is 4.92. The van der Waals surface area contributed by atoms with Crippen molar-refractivity contribution in [1.82, 2.24) is 15.1 Å². The molecule has 0 radical (unpaired) electrons. The van der Waals surface area contributed by atoms with E-state index < -0.39 is 6.09 Å². The van der Waals surface area contributed by atoms with Gasteiger partial charge < -0.3 is 14.8 Å². The lowest BCUT2D eigenvalue weighted by Gasteiger charge is -2.30. The molecule has 1 aliphatic rings. The van der Waals surface area contributed by atoms with Crippen LogP contribution in [0.5, 0.6) is 0 Å². The molecule has 1 amide bonds. The molecule has 0 aromatic heterocycles. The molecule has 0 aliphatic carbocycles. The second-order valence-electron chi connectivity index (χ2n) is 10.6. The Labute approximate surface area is 202 Å². The van der Waals surface area contributed by atoms with Crippen LogP contribution in [0.25, 0.3) is 0 Å². The molecule has 1 saturated heterocycles. The lowest BCUT2D eigenvalue weighted by atomic mass is 10.0. The number of carbonyl (C=O) groups is 1. The molecule has 1 aliphatic heterocycles. The molecule has 0 spiro atoms. The first-order valence-corrected chi connectivity index (χ1v) is 12.3. The highest BCUT2D eigenvalue weighted by Gasteiger charge is 2.18. The monoisotopic (exact) mass is 471 g/mol. The highest BCUT2D eigenvalue weighted by Crippen LogP contribution is 2.12. The van der Waals surface area contributed by atoms with Crippen LogP contribution in [0.2, 0.25) is 0 Å². The van der Waals surface area contributed by atoms with Crippen LogP contribution in [-0.2, 0) is 9.47 Å². The van der Waals surface area contributed by atoms with E-state index in [1.54, 1.807) is 6.08 Å². The van der Waals surface area contributed by atoms with E-state index in [1.165, 1.54) is 6.92 Å². The van der Waals surface area contributed by atoms with Crippen molar-refractivity contribution in [2.45, 2.75) is 73.9 Å². The van der Waals surface area contributed by atoms with Crippen molar-refractivity contribution in [3.05, 3.63) is 24.6 Å². The quantitative estimate of drug-likeness (QED) is 0.393. The van der Waals surface area contributed by atoms with E-state index in [-0.39, 0.29) is 23.8 Å². The molecule has 1 fully saturated rings. The van der Waals surface area contributed by atoms with Crippen LogP contribution in [-0.4, -0.2) is 80.5 Å². The zero-order valence-electron chi connectivity index (χ0n) is 22.5. The molecule has 1 N–H and O–H groups in total. The third-order valence-corrected chi connectivity index (χ3v) is 4.92. The lowest BCUT2D eigenvalue weighted by Crippen LogP contribution is -2.46. The average molecular weight is 472 g/mol. The highest BCUT2D eigenvalue weighted by atomic mass is 19.1. The summed E-state index contributed by atoms with van der Waals surface area (Å²) >= 11 is 0. The van der Waals surface area contributed by atoms with Gasteiger partial charge in [0.25, 0.3) is 0 Å². The van der Waals surface area contributed by atoms with Gasteiger partial charge in [0, 0.05) is 38.3 Å². The van der Waals surface area contributed by atoms with Gasteiger partial charge in [0.05, 0.1) is 19.0 Å². The number of nitrogens with one attached hydrogen (secondary N) is 1. The lowest BCUT2D eigenvalue weighted by molar-refractivity contribution is 0.0278. The number of amides is 1. The van der Waals surface area contributed by atoms with Crippen molar-refractivity contribution in [2.24, 2.45) is 11.3 Å². The largest absolute Gasteiger partial charge is 0.448 e. The molecule has 194 valence electrons. The fourth-order valence-electron chi connectivity index (χ4n) is 3.19. The summed E-state index contributed by atoms with van der Waals surface area (Å²) in [4.78, 5) is 16.5. The van der Waals surface area contributed by atoms with Gasteiger partial charge in [-0.15, -0.1) is 6.58 Å². The Morgan fingerprint density at radius 2 is 1.82 bits per heavy atom. The number of ether oxygens (including phenoxy) is 2. The zero-order chi connectivity index (χ0) is 25.4. The van der Waals surface area contributed by atoms with Crippen LogP contribution in [0.15, 0.2) is 24.6 Å². The van der Waals surface area contributed by atoms with Crippen molar-refractivity contribution >= 4 is 6.09 Å². The molecule has 2 unspecified atom stereocenters. The van der Waals surface area contributed by atoms with Gasteiger partial charge in [0.15, 0.2) is 0 Å². The number of hydrogen-bond acceptors (Lipinski definition) is 5. The Bertz CT molecular complexity index is 562. The topological polar surface area (TPSA) is 54.0 Å². The Morgan fingerprint density at radius 3 is 2.33 bits per heavy atom. The second-order valence-corrected chi connectivity index (χ2v) is 10.6. The molecule has 6 nitrogen and oxygen atoms in total. The minimum absolute atomic E-state index is 0.0629. The van der Waals surface area contributed by atoms with Gasteiger partial charge in [-0.1, -0.05) is 46.8 Å². The molecular formula is C26H50FN3O3. The van der Waals surface area contributed by atoms with Crippen LogP contribution in [0, 0.1) is 11.3 Å². The first kappa shape index (κ1) is 31.6. The summed E-state index contributed by atoms with van der Waals surface area (Å²) in [5, 5.41) is 2.89. The van der Waals surface area contributed by atoms with E-state index >= 15 is 0 Å². The van der Waals surface area contributed by atoms with Gasteiger partial charge in [0.2, 0.25) is 0 Å². The van der Waals surface area contributed by atoms with Crippen LogP contribution < -0.4 is 5.32 Å². The molecule has 1 heterocycles. The molecule has 1 rings (SSSR count). The predicted octanol–water partition coefficient (Wildman–Crippen LogP) is 5.26. The molecule has 0 aromatic rings. The molecular weight excluding hydrogens is 421 g/mol. The Kier molecular flexibility index (Phi) is 16.3. The highest BCUT2D eigenvalue weighted by molar-refractivity contribution is 5.67. The number of morpholine rings is 1. The Morgan fingerprint density at radius 1 is 1.24 bits per heavy atom. The first-order valence-electron chi connectivity index (χ1n) is 12.3. The van der Waals surface area contributed by atoms with Crippen molar-refractivity contribution < 1.29 is 18.7 Å². The minimum Gasteiger partial charge on any atom is -0.448 e. The van der Waals surface area contributed by atoms with Gasteiger partial charge in [-0.2, -0.15) is 0 Å². The summed E-state index contributed by atoms with van der Waals surface area (Å²) in [6.45, 7) is 25.9. The number of alkyl carbamates (subject to hydrolysis) is 1. The molecule has 0 bridgehead atoms. The molecule has 0 aromatic carbocycles. The summed E-state index contributed by atoms with van der Waals surface area (Å²) < 4.78 is 23.6. The number of allylic oxidation sites excluding steroid dienone is 2. The van der Waals surface area contributed by atoms with Crippen LogP contribution in [0.3, 0.4) is 0 Å². The average Bonchev–Trinajstić information content (AvgIpc) is 2.69. The fourth-order valence-corrected chi connectivity index (χ4v) is 3.19. The van der Waals surface area contributed by atoms with E-state index in [0.29, 0.717) is 18.6 Å². The number of nitrogens with zero attached hydrogens (tertiary/aromatic N) is 2. The van der Waals surface area contributed by atoms with E-state index in [1.807, 2.05) is 19.9 Å². The molecule has 33 heavy (non-hydrogen) atoms. The maximum atomic E-state index is 13.0. The molecule has 7 heteroatoms. The van der Waals surface area contributed by atoms with Crippen LogP contribution >= 0.6 is 0 Å². The van der Waals surface area contributed by atoms with Gasteiger partial charge in [0.1, 0.15) is 6.61 Å². The van der Waals surface area contributed by atoms with Gasteiger partial charge in [-0.25, -0.2) is 9.18 Å². The molecule has 3 atom stereocenters. The van der Waals surface area contributed by atoms with Crippen LogP contribution in [0.4, 0.5) is 9.18 Å². The number of hydrogen-bond donors (Lipinski definition) is 1. The smallest absolute Gasteiger partial charge is 0.407 e. The predicted molar refractivity (Wildman–Crippen MR) is 136 cm³/mol. The van der Waals surface area contributed by atoms with E-state index in [2.05, 4.69) is 56.3 Å². The normalized spacial score (nSPS) is 18.1. The summed E-state index contributed by atoms with van der Waals surface area (Å²) in [6.07, 6.45) is 3.98. The van der Waals surface area contributed by atoms with Crippen LogP contribution in [0.1, 0.15) is 61.8 Å². The van der Waals surface area contributed by atoms with Gasteiger partial charge >= 0.3 is 6.09 Å². The van der Waals surface area contributed by atoms with Crippen molar-refractivity contribution in [2.75, 3.05) is 52.5 Å². The first-order chi connectivity index (χ1) is 15.3. The van der Waals surface area contributed by atoms with Gasteiger partial charge in [-0.3, -0.25) is 9.80 Å². The number of rotatable bonds is 12. The minimum atomic E-state index is -0.392. The fraction of sp³-hybridized carbons (Fsp3) is 0.808. The number of carbonyl (C=O) groups excluding carboxylic acids is 1. The number of halogens is 1. The molecule has 0 saturated carbocycles. The Balaban J connectivity index is 0.00000184. The van der Waals surface area contributed by atoms with E-state index in [4.69, 9.17) is 9.47 Å². The van der Waals surface area contributed by atoms with Crippen molar-refractivity contribution in [3.63, 3.8) is 0 Å². The summed E-state index contributed by atoms with van der Waals surface area (Å²) in [7, 11) is 0. The van der Waals surface area contributed by atoms with E-state index in [9.17, 15) is 9.18 Å². The summed E-state index contributed by atoms with van der Waals surface area (Å²) in [5.74, 6) is 0.0172. The van der Waals surface area contributed by atoms with E-state index in [0.717, 1.165) is 45.8 Å². The second kappa shape index (κ2) is 17.1. The summed E-state index contributed by atoms with van der Waals surface area (Å²) in [5.41, 5.74) is 0.500. The van der Waals surface area contributed by atoms with Crippen molar-refractivity contribution in [1.29, 1.82) is 0 Å². The summed E-state index contributed by atoms with van der Waals surface area (Å²) in [6, 6.07) is 0.108. The zero-order valence-corrected chi connectivity index (χ0v) is 22.5. The van der Waals surface area contributed by atoms with Crippen molar-refractivity contribution in [3.8, 4) is 0 Å².